The molecule has 0 amide bonds. The Kier molecular flexibility index (Phi) is 8.84. The number of aliphatic imine (C=N–C) groups is 1. The average molecular weight is 526 g/mol. The summed E-state index contributed by atoms with van der Waals surface area (Å²) in [4.78, 5) is 5.06. The maximum atomic E-state index is 5.06. The van der Waals surface area contributed by atoms with Gasteiger partial charge in [0.1, 0.15) is 0 Å². The molecule has 33 heavy (non-hydrogen) atoms. The van der Waals surface area contributed by atoms with Crippen molar-refractivity contribution in [3.63, 3.8) is 0 Å². The largest absolute Gasteiger partial charge is 2.00 e. The summed E-state index contributed by atoms with van der Waals surface area (Å²) in [7, 11) is 0. The molecule has 0 unspecified atom stereocenters. The molecule has 0 saturated carbocycles. The molecule has 172 valence electrons. The maximum absolute atomic E-state index is 5.06. The van der Waals surface area contributed by atoms with E-state index < -0.39 is 0 Å². The molecule has 0 aliphatic heterocycles. The number of rotatable bonds is 1. The van der Waals surface area contributed by atoms with E-state index in [9.17, 15) is 0 Å². The molecule has 0 radical (unpaired) electrons. The van der Waals surface area contributed by atoms with Gasteiger partial charge in [-0.05, 0) is 68.1 Å². The van der Waals surface area contributed by atoms with Gasteiger partial charge in [0, 0.05) is 0 Å². The number of para-hydroxylation sites is 1. The molecule has 0 heterocycles. The normalized spacial score (nSPS) is 12.7. The van der Waals surface area contributed by atoms with Crippen LogP contribution in [0.25, 0.3) is 10.8 Å². The molecule has 4 aromatic rings. The number of hydrogen-bond acceptors (Lipinski definition) is 1. The van der Waals surface area contributed by atoms with Gasteiger partial charge < -0.3 is 7.43 Å². The minimum Gasteiger partial charge on any atom is -0.358 e. The second-order valence-electron chi connectivity index (χ2n) is 8.55. The van der Waals surface area contributed by atoms with E-state index in [1.54, 1.807) is 0 Å². The fraction of sp³-hybridized carbons (Fsp3) is 0.194. The summed E-state index contributed by atoms with van der Waals surface area (Å²) >= 11 is 0. The summed E-state index contributed by atoms with van der Waals surface area (Å²) in [6.45, 7) is 12.9. The molecule has 5 rings (SSSR count). The molecular weight excluding hydrogens is 493 g/mol. The quantitative estimate of drug-likeness (QED) is 0.174. The van der Waals surface area contributed by atoms with Crippen molar-refractivity contribution in [1.29, 1.82) is 0 Å². The molecule has 0 N–H and O–H groups in total. The molecule has 0 atom stereocenters. The molecule has 1 aliphatic carbocycles. The first-order valence-electron chi connectivity index (χ1n) is 10.9. The van der Waals surface area contributed by atoms with Crippen molar-refractivity contribution in [3.8, 4) is 0 Å². The minimum atomic E-state index is 0. The summed E-state index contributed by atoms with van der Waals surface area (Å²) in [6, 6.07) is 25.7. The van der Waals surface area contributed by atoms with Crippen molar-refractivity contribution in [2.75, 3.05) is 0 Å². The van der Waals surface area contributed by atoms with E-state index in [1.807, 2.05) is 0 Å². The van der Waals surface area contributed by atoms with Gasteiger partial charge in [-0.25, -0.2) is 0 Å². The Morgan fingerprint density at radius 1 is 0.636 bits per heavy atom. The molecule has 0 spiro atoms. The Balaban J connectivity index is 0.000000300. The second kappa shape index (κ2) is 11.0. The van der Waals surface area contributed by atoms with Gasteiger partial charge in [-0.1, -0.05) is 66.9 Å². The van der Waals surface area contributed by atoms with E-state index in [4.69, 9.17) is 4.99 Å². The van der Waals surface area contributed by atoms with Crippen LogP contribution < -0.4 is 0 Å². The maximum Gasteiger partial charge on any atom is 2.00 e. The summed E-state index contributed by atoms with van der Waals surface area (Å²) in [5.74, 6) is 1.27. The molecule has 2 heteroatoms. The average Bonchev–Trinajstić information content (AvgIpc) is 3.03. The van der Waals surface area contributed by atoms with E-state index in [0.717, 1.165) is 11.4 Å². The third-order valence-corrected chi connectivity index (χ3v) is 6.46. The van der Waals surface area contributed by atoms with Crippen molar-refractivity contribution in [2.45, 2.75) is 41.5 Å². The zero-order chi connectivity index (χ0) is 22.1. The van der Waals surface area contributed by atoms with E-state index >= 15 is 0 Å². The Labute approximate surface area is 213 Å². The molecule has 0 aromatic heterocycles. The van der Waals surface area contributed by atoms with Gasteiger partial charge in [-0.3, -0.25) is 4.99 Å². The van der Waals surface area contributed by atoms with E-state index in [-0.39, 0.29) is 27.8 Å². The first kappa shape index (κ1) is 26.6. The van der Waals surface area contributed by atoms with Crippen molar-refractivity contribution in [1.82, 2.24) is 0 Å². The van der Waals surface area contributed by atoms with Crippen LogP contribution in [0.15, 0.2) is 77.8 Å². The summed E-state index contributed by atoms with van der Waals surface area (Å²) in [5, 5.41) is 2.63. The van der Waals surface area contributed by atoms with Crippen LogP contribution in [0, 0.1) is 48.0 Å². The standard InChI is InChI=1S/C21H18N.C9H12.CH3.Pd/c1-13-7-4-8-14(2)20(13)22-21-15(3)17-11-5-9-16-10-6-12-18(21)19(16)17;1-7-5-4-6-8(2)9(7)3;;/h4-12H,1-3H3;4-6H,1-3H3;1H3;/q-1;;-1;+2. The summed E-state index contributed by atoms with van der Waals surface area (Å²) < 4.78 is 0. The van der Waals surface area contributed by atoms with Crippen LogP contribution in [0.5, 0.6) is 0 Å². The van der Waals surface area contributed by atoms with Crippen LogP contribution >= 0.6 is 0 Å². The first-order valence-corrected chi connectivity index (χ1v) is 10.9. The molecule has 0 bridgehead atoms. The Bertz CT molecular complexity index is 1250. The third kappa shape index (κ3) is 5.14. The van der Waals surface area contributed by atoms with Gasteiger partial charge in [0.15, 0.2) is 0 Å². The Morgan fingerprint density at radius 2 is 1.12 bits per heavy atom. The second-order valence-corrected chi connectivity index (χ2v) is 8.55. The Morgan fingerprint density at radius 3 is 1.67 bits per heavy atom. The van der Waals surface area contributed by atoms with Gasteiger partial charge >= 0.3 is 20.4 Å². The van der Waals surface area contributed by atoms with Crippen molar-refractivity contribution in [3.05, 3.63) is 125 Å². The SMILES string of the molecule is Cc1cccc(C)c1C.Cc1cccc(C)c1N=C1c2cccc3cccc(c23)[C-]1C.[CH3-].[Pd+2]. The zero-order valence-electron chi connectivity index (χ0n) is 20.7. The zero-order valence-corrected chi connectivity index (χ0v) is 22.2. The van der Waals surface area contributed by atoms with Gasteiger partial charge in [0.2, 0.25) is 0 Å². The molecule has 4 aromatic carbocycles. The van der Waals surface area contributed by atoms with Gasteiger partial charge in [-0.15, -0.1) is 40.6 Å². The fourth-order valence-electron chi connectivity index (χ4n) is 4.32. The van der Waals surface area contributed by atoms with Crippen LogP contribution in [-0.2, 0) is 20.4 Å². The van der Waals surface area contributed by atoms with E-state index in [2.05, 4.69) is 114 Å². The number of hydrogen-bond donors (Lipinski definition) is 0. The van der Waals surface area contributed by atoms with E-state index in [1.165, 1.54) is 55.6 Å². The number of aryl methyl sites for hydroxylation is 4. The van der Waals surface area contributed by atoms with Crippen LogP contribution in [0.2, 0.25) is 0 Å². The molecule has 1 nitrogen and oxygen atoms in total. The minimum absolute atomic E-state index is 0. The summed E-state index contributed by atoms with van der Waals surface area (Å²) in [5.41, 5.74) is 11.4. The van der Waals surface area contributed by atoms with Crippen LogP contribution in [0.3, 0.4) is 0 Å². The number of benzene rings is 4. The topological polar surface area (TPSA) is 12.4 Å². The molecule has 1 aliphatic rings. The third-order valence-electron chi connectivity index (χ3n) is 6.46. The predicted octanol–water partition coefficient (Wildman–Crippen LogP) is 8.59. The van der Waals surface area contributed by atoms with Gasteiger partial charge in [0.05, 0.1) is 5.69 Å². The van der Waals surface area contributed by atoms with Gasteiger partial charge in [0.25, 0.3) is 0 Å². The molecule has 0 saturated heterocycles. The van der Waals surface area contributed by atoms with Crippen LogP contribution in [0.1, 0.15) is 45.9 Å². The van der Waals surface area contributed by atoms with Crippen molar-refractivity contribution < 1.29 is 20.4 Å². The van der Waals surface area contributed by atoms with Gasteiger partial charge in [-0.2, -0.15) is 0 Å². The van der Waals surface area contributed by atoms with Crippen molar-refractivity contribution in [2.24, 2.45) is 4.99 Å². The molecular formula is C31H33NPd. The predicted molar refractivity (Wildman–Crippen MR) is 141 cm³/mol. The summed E-state index contributed by atoms with van der Waals surface area (Å²) in [6.07, 6.45) is 0. The van der Waals surface area contributed by atoms with Crippen molar-refractivity contribution >= 4 is 22.2 Å². The monoisotopic (exact) mass is 525 g/mol. The first-order chi connectivity index (χ1) is 14.9. The van der Waals surface area contributed by atoms with E-state index in [0.29, 0.717) is 0 Å². The van der Waals surface area contributed by atoms with Crippen LogP contribution in [-0.4, -0.2) is 5.71 Å². The fourth-order valence-corrected chi connectivity index (χ4v) is 4.32. The Hall–Kier alpha value is -2.66. The van der Waals surface area contributed by atoms with Crippen LogP contribution in [0.4, 0.5) is 5.69 Å². The number of nitrogens with zero attached hydrogens (tertiary/aromatic N) is 1. The molecule has 0 fully saturated rings. The smallest absolute Gasteiger partial charge is 0.358 e.